The third-order valence-corrected chi connectivity index (χ3v) is 5.20. The maximum atomic E-state index is 12.0. The second kappa shape index (κ2) is 7.14. The molecule has 1 aliphatic heterocycles. The number of carbonyl (C=O) groups is 2. The van der Waals surface area contributed by atoms with Gasteiger partial charge in [0, 0.05) is 32.6 Å². The van der Waals surface area contributed by atoms with Gasteiger partial charge in [-0.05, 0) is 12.1 Å². The Labute approximate surface area is 143 Å². The van der Waals surface area contributed by atoms with E-state index in [9.17, 15) is 14.7 Å². The van der Waals surface area contributed by atoms with Crippen molar-refractivity contribution < 1.29 is 19.8 Å². The molecular weight excluding hydrogens is 330 g/mol. The SMILES string of the molecule is O=C(O)C1CN(C(=O)CCO)CCN(c2nc3ccccc3s2)C1. The zero-order valence-electron chi connectivity index (χ0n) is 13.1. The molecule has 1 aromatic carbocycles. The molecule has 1 aromatic heterocycles. The standard InChI is InChI=1S/C16H19N3O4S/c20-8-5-14(21)18-6-7-19(10-11(9-18)15(22)23)16-17-12-3-1-2-4-13(12)24-16/h1-4,11,20H,5-10H2,(H,22,23). The van der Waals surface area contributed by atoms with Crippen molar-refractivity contribution in [1.82, 2.24) is 9.88 Å². The zero-order valence-corrected chi connectivity index (χ0v) is 13.9. The molecule has 0 aliphatic carbocycles. The van der Waals surface area contributed by atoms with E-state index in [2.05, 4.69) is 4.98 Å². The normalized spacial score (nSPS) is 18.6. The van der Waals surface area contributed by atoms with Gasteiger partial charge in [-0.15, -0.1) is 0 Å². The van der Waals surface area contributed by atoms with Crippen LogP contribution in [0.4, 0.5) is 5.13 Å². The number of fused-ring (bicyclic) bond motifs is 1. The Kier molecular flexibility index (Phi) is 4.96. The Bertz CT molecular complexity index is 715. The molecule has 1 fully saturated rings. The topological polar surface area (TPSA) is 94.0 Å². The number of anilines is 1. The van der Waals surface area contributed by atoms with Crippen molar-refractivity contribution >= 4 is 38.6 Å². The number of para-hydroxylation sites is 1. The molecule has 0 spiro atoms. The number of carboxylic acids is 1. The van der Waals surface area contributed by atoms with Gasteiger partial charge in [-0.3, -0.25) is 9.59 Å². The van der Waals surface area contributed by atoms with E-state index in [1.807, 2.05) is 29.2 Å². The minimum atomic E-state index is -0.926. The van der Waals surface area contributed by atoms with Crippen LogP contribution in [0, 0.1) is 5.92 Å². The van der Waals surface area contributed by atoms with Crippen molar-refractivity contribution in [2.75, 3.05) is 37.7 Å². The quantitative estimate of drug-likeness (QED) is 0.856. The number of rotatable bonds is 4. The first kappa shape index (κ1) is 16.7. The number of nitrogens with zero attached hydrogens (tertiary/aromatic N) is 3. The summed E-state index contributed by atoms with van der Waals surface area (Å²) < 4.78 is 1.05. The van der Waals surface area contributed by atoms with Crippen molar-refractivity contribution in [3.8, 4) is 0 Å². The fraction of sp³-hybridized carbons (Fsp3) is 0.438. The molecule has 1 unspecified atom stereocenters. The molecule has 0 saturated carbocycles. The lowest BCUT2D eigenvalue weighted by molar-refractivity contribution is -0.143. The fourth-order valence-electron chi connectivity index (χ4n) is 2.82. The van der Waals surface area contributed by atoms with Crippen molar-refractivity contribution in [1.29, 1.82) is 0 Å². The maximum absolute atomic E-state index is 12.0. The number of aliphatic hydroxyl groups is 1. The summed E-state index contributed by atoms with van der Waals surface area (Å²) in [5.41, 5.74) is 0.891. The summed E-state index contributed by atoms with van der Waals surface area (Å²) in [6.45, 7) is 1.21. The van der Waals surface area contributed by atoms with Gasteiger partial charge in [0.1, 0.15) is 0 Å². The van der Waals surface area contributed by atoms with E-state index in [0.717, 1.165) is 15.3 Å². The summed E-state index contributed by atoms with van der Waals surface area (Å²) in [7, 11) is 0. The Hall–Kier alpha value is -2.19. The summed E-state index contributed by atoms with van der Waals surface area (Å²) in [5.74, 6) is -1.82. The van der Waals surface area contributed by atoms with Gasteiger partial charge in [-0.1, -0.05) is 23.5 Å². The van der Waals surface area contributed by atoms with Crippen molar-refractivity contribution in [2.45, 2.75) is 6.42 Å². The van der Waals surface area contributed by atoms with Gasteiger partial charge in [0.15, 0.2) is 5.13 Å². The molecule has 8 heteroatoms. The molecule has 0 radical (unpaired) electrons. The van der Waals surface area contributed by atoms with E-state index in [0.29, 0.717) is 19.6 Å². The van der Waals surface area contributed by atoms with Crippen LogP contribution < -0.4 is 4.90 Å². The highest BCUT2D eigenvalue weighted by atomic mass is 32.1. The number of amides is 1. The monoisotopic (exact) mass is 349 g/mol. The second-order valence-corrected chi connectivity index (χ2v) is 6.77. The van der Waals surface area contributed by atoms with Gasteiger partial charge in [0.05, 0.1) is 22.7 Å². The molecule has 7 nitrogen and oxygen atoms in total. The van der Waals surface area contributed by atoms with Gasteiger partial charge in [-0.2, -0.15) is 0 Å². The number of benzene rings is 1. The molecule has 0 bridgehead atoms. The summed E-state index contributed by atoms with van der Waals surface area (Å²) in [4.78, 5) is 31.7. The van der Waals surface area contributed by atoms with Crippen LogP contribution in [-0.2, 0) is 9.59 Å². The van der Waals surface area contributed by atoms with Gasteiger partial charge < -0.3 is 20.0 Å². The van der Waals surface area contributed by atoms with Crippen LogP contribution in [0.25, 0.3) is 10.2 Å². The van der Waals surface area contributed by atoms with E-state index < -0.39 is 11.9 Å². The second-order valence-electron chi connectivity index (χ2n) is 5.76. The van der Waals surface area contributed by atoms with Crippen LogP contribution in [0.1, 0.15) is 6.42 Å². The van der Waals surface area contributed by atoms with Crippen molar-refractivity contribution in [3.63, 3.8) is 0 Å². The van der Waals surface area contributed by atoms with Crippen LogP contribution in [0.5, 0.6) is 0 Å². The number of aromatic nitrogens is 1. The summed E-state index contributed by atoms with van der Waals surface area (Å²) in [5, 5.41) is 19.2. The molecule has 128 valence electrons. The number of thiazole rings is 1. The Balaban J connectivity index is 1.83. The Morgan fingerprint density at radius 2 is 2.04 bits per heavy atom. The number of carboxylic acid groups (broad SMARTS) is 1. The molecule has 2 heterocycles. The average Bonchev–Trinajstić information content (AvgIpc) is 2.86. The predicted octanol–water partition coefficient (Wildman–Crippen LogP) is 1.03. The molecule has 1 saturated heterocycles. The van der Waals surface area contributed by atoms with Gasteiger partial charge in [0.25, 0.3) is 0 Å². The number of aliphatic carboxylic acids is 1. The minimum Gasteiger partial charge on any atom is -0.481 e. The van der Waals surface area contributed by atoms with E-state index in [-0.39, 0.29) is 25.5 Å². The van der Waals surface area contributed by atoms with Crippen LogP contribution in [-0.4, -0.2) is 64.8 Å². The third-order valence-electron chi connectivity index (χ3n) is 4.10. The smallest absolute Gasteiger partial charge is 0.310 e. The van der Waals surface area contributed by atoms with Crippen LogP contribution >= 0.6 is 11.3 Å². The lowest BCUT2D eigenvalue weighted by Gasteiger charge is -2.21. The maximum Gasteiger partial charge on any atom is 0.310 e. The largest absolute Gasteiger partial charge is 0.481 e. The highest BCUT2D eigenvalue weighted by molar-refractivity contribution is 7.22. The lowest BCUT2D eigenvalue weighted by atomic mass is 10.1. The average molecular weight is 349 g/mol. The Morgan fingerprint density at radius 3 is 2.75 bits per heavy atom. The summed E-state index contributed by atoms with van der Waals surface area (Å²) in [6, 6.07) is 7.78. The van der Waals surface area contributed by atoms with Crippen molar-refractivity contribution in [3.05, 3.63) is 24.3 Å². The first-order valence-corrected chi connectivity index (χ1v) is 8.62. The van der Waals surface area contributed by atoms with Crippen LogP contribution in [0.3, 0.4) is 0 Å². The van der Waals surface area contributed by atoms with Gasteiger partial charge >= 0.3 is 5.97 Å². The zero-order chi connectivity index (χ0) is 17.1. The molecular formula is C16H19N3O4S. The molecule has 24 heavy (non-hydrogen) atoms. The predicted molar refractivity (Wildman–Crippen MR) is 91.2 cm³/mol. The first-order chi connectivity index (χ1) is 11.6. The first-order valence-electron chi connectivity index (χ1n) is 7.80. The van der Waals surface area contributed by atoms with E-state index in [4.69, 9.17) is 5.11 Å². The number of aliphatic hydroxyl groups excluding tert-OH is 1. The molecule has 1 amide bonds. The fourth-order valence-corrected chi connectivity index (χ4v) is 3.82. The summed E-state index contributed by atoms with van der Waals surface area (Å²) in [6.07, 6.45) is 0.0213. The lowest BCUT2D eigenvalue weighted by Crippen LogP contribution is -2.38. The third kappa shape index (κ3) is 3.49. The van der Waals surface area contributed by atoms with Crippen LogP contribution in [0.2, 0.25) is 0 Å². The Morgan fingerprint density at radius 1 is 1.25 bits per heavy atom. The molecule has 1 atom stereocenters. The highest BCUT2D eigenvalue weighted by Gasteiger charge is 2.30. The van der Waals surface area contributed by atoms with Crippen molar-refractivity contribution in [2.24, 2.45) is 5.92 Å². The minimum absolute atomic E-state index is 0.0213. The van der Waals surface area contributed by atoms with Crippen LogP contribution in [0.15, 0.2) is 24.3 Å². The number of hydrogen-bond donors (Lipinski definition) is 2. The van der Waals surface area contributed by atoms with E-state index in [1.165, 1.54) is 16.2 Å². The molecule has 2 aromatic rings. The number of carbonyl (C=O) groups excluding carboxylic acids is 1. The van der Waals surface area contributed by atoms with E-state index >= 15 is 0 Å². The highest BCUT2D eigenvalue weighted by Crippen LogP contribution is 2.29. The molecule has 3 rings (SSSR count). The van der Waals surface area contributed by atoms with Gasteiger partial charge in [0.2, 0.25) is 5.91 Å². The number of hydrogen-bond acceptors (Lipinski definition) is 6. The summed E-state index contributed by atoms with van der Waals surface area (Å²) >= 11 is 1.53. The van der Waals surface area contributed by atoms with Gasteiger partial charge in [-0.25, -0.2) is 4.98 Å². The van der Waals surface area contributed by atoms with E-state index in [1.54, 1.807) is 0 Å². The molecule has 2 N–H and O–H groups in total. The molecule has 1 aliphatic rings.